The Labute approximate surface area is 90.7 Å². The number of methoxy groups -OCH3 is 1. The number of nitrogens with zero attached hydrogens (tertiary/aromatic N) is 2. The largest absolute Gasteiger partial charge is 0.496 e. The van der Waals surface area contributed by atoms with Crippen LogP contribution in [0.1, 0.15) is 0 Å². The number of hydrogen-bond acceptors (Lipinski definition) is 5. The molecule has 0 aliphatic carbocycles. The predicted octanol–water partition coefficient (Wildman–Crippen LogP) is 2.84. The quantitative estimate of drug-likeness (QED) is 0.581. The molecule has 1 aromatic rings. The summed E-state index contributed by atoms with van der Waals surface area (Å²) in [4.78, 5) is 1.54. The van der Waals surface area contributed by atoms with Crippen molar-refractivity contribution in [1.82, 2.24) is 0 Å². The molecule has 14 heavy (non-hydrogen) atoms. The number of hydrogen-bond donors (Lipinski definition) is 0. The van der Waals surface area contributed by atoms with Crippen molar-refractivity contribution in [3.63, 3.8) is 0 Å². The van der Waals surface area contributed by atoms with E-state index in [1.165, 1.54) is 0 Å². The number of thioether (sulfide) groups is 2. The van der Waals surface area contributed by atoms with Gasteiger partial charge in [-0.25, -0.2) is 0 Å². The van der Waals surface area contributed by atoms with Crippen LogP contribution in [0.25, 0.3) is 0 Å². The molecule has 0 spiro atoms. The highest BCUT2D eigenvalue weighted by atomic mass is 32.2. The minimum absolute atomic E-state index is 0.652. The highest BCUT2D eigenvalue weighted by Crippen LogP contribution is 2.32. The molecule has 3 nitrogen and oxygen atoms in total. The molecule has 0 aromatic heterocycles. The molecule has 1 rings (SSSR count). The third kappa shape index (κ3) is 2.59. The van der Waals surface area contributed by atoms with E-state index in [4.69, 9.17) is 15.3 Å². The number of benzene rings is 1. The third-order valence-electron chi connectivity index (χ3n) is 1.45. The lowest BCUT2D eigenvalue weighted by Gasteiger charge is -2.04. The minimum Gasteiger partial charge on any atom is -0.496 e. The maximum Gasteiger partial charge on any atom is 0.138 e. The van der Waals surface area contributed by atoms with Gasteiger partial charge >= 0.3 is 0 Å². The van der Waals surface area contributed by atoms with Crippen LogP contribution in [0.3, 0.4) is 0 Å². The van der Waals surface area contributed by atoms with E-state index in [2.05, 4.69) is 0 Å². The van der Waals surface area contributed by atoms with E-state index in [0.29, 0.717) is 5.75 Å². The first-order chi connectivity index (χ1) is 6.81. The normalized spacial score (nSPS) is 8.79. The first-order valence-electron chi connectivity index (χ1n) is 3.61. The lowest BCUT2D eigenvalue weighted by molar-refractivity contribution is 0.404. The summed E-state index contributed by atoms with van der Waals surface area (Å²) in [6.45, 7) is 0. The van der Waals surface area contributed by atoms with Crippen LogP contribution in [-0.2, 0) is 0 Å². The minimum atomic E-state index is 0.652. The van der Waals surface area contributed by atoms with Crippen molar-refractivity contribution < 1.29 is 4.74 Å². The molecule has 0 saturated carbocycles. The Bertz CT molecular complexity index is 406. The van der Waals surface area contributed by atoms with Gasteiger partial charge in [0.25, 0.3) is 0 Å². The Morgan fingerprint density at radius 2 is 1.93 bits per heavy atom. The van der Waals surface area contributed by atoms with Crippen LogP contribution in [0.2, 0.25) is 0 Å². The average molecular weight is 222 g/mol. The van der Waals surface area contributed by atoms with Gasteiger partial charge in [0.2, 0.25) is 0 Å². The van der Waals surface area contributed by atoms with Gasteiger partial charge in [-0.2, -0.15) is 10.5 Å². The second-order valence-corrected chi connectivity index (χ2v) is 3.88. The molecular weight excluding hydrogens is 216 g/mol. The van der Waals surface area contributed by atoms with Crippen molar-refractivity contribution in [3.8, 4) is 16.6 Å². The molecule has 0 N–H and O–H groups in total. The van der Waals surface area contributed by atoms with Gasteiger partial charge in [0.15, 0.2) is 0 Å². The van der Waals surface area contributed by atoms with Crippen molar-refractivity contribution in [2.24, 2.45) is 0 Å². The summed E-state index contributed by atoms with van der Waals surface area (Å²) in [5.41, 5.74) is 0. The van der Waals surface area contributed by atoms with Crippen molar-refractivity contribution >= 4 is 23.5 Å². The van der Waals surface area contributed by atoms with Gasteiger partial charge in [0, 0.05) is 4.90 Å². The van der Waals surface area contributed by atoms with E-state index < -0.39 is 0 Å². The number of nitriles is 2. The van der Waals surface area contributed by atoms with Crippen LogP contribution >= 0.6 is 23.5 Å². The van der Waals surface area contributed by atoms with Gasteiger partial charge in [-0.3, -0.25) is 0 Å². The molecule has 0 radical (unpaired) electrons. The van der Waals surface area contributed by atoms with Crippen molar-refractivity contribution in [2.75, 3.05) is 7.11 Å². The Morgan fingerprint density at radius 3 is 2.50 bits per heavy atom. The second-order valence-electron chi connectivity index (χ2n) is 2.20. The van der Waals surface area contributed by atoms with E-state index in [1.54, 1.807) is 25.3 Å². The average Bonchev–Trinajstić information content (AvgIpc) is 2.19. The van der Waals surface area contributed by atoms with Crippen LogP contribution in [0.5, 0.6) is 5.75 Å². The van der Waals surface area contributed by atoms with Crippen LogP contribution < -0.4 is 4.74 Å². The van der Waals surface area contributed by atoms with E-state index in [0.717, 1.165) is 33.3 Å². The summed E-state index contributed by atoms with van der Waals surface area (Å²) in [6, 6.07) is 5.30. The first kappa shape index (κ1) is 10.8. The number of thiocyanates is 2. The van der Waals surface area contributed by atoms with Crippen molar-refractivity contribution in [1.29, 1.82) is 10.5 Å². The fraction of sp³-hybridized carbons (Fsp3) is 0.111. The molecule has 0 atom stereocenters. The fourth-order valence-electron chi connectivity index (χ4n) is 0.902. The Kier molecular flexibility index (Phi) is 4.18. The molecule has 5 heteroatoms. The molecule has 0 aliphatic heterocycles. The zero-order valence-corrected chi connectivity index (χ0v) is 8.98. The summed E-state index contributed by atoms with van der Waals surface area (Å²) in [7, 11) is 1.55. The zero-order valence-electron chi connectivity index (χ0n) is 7.35. The van der Waals surface area contributed by atoms with E-state index in [-0.39, 0.29) is 0 Å². The second kappa shape index (κ2) is 5.43. The molecule has 0 bridgehead atoms. The summed E-state index contributed by atoms with van der Waals surface area (Å²) in [6.07, 6.45) is 0. The fourth-order valence-corrected chi connectivity index (χ4v) is 1.93. The maximum atomic E-state index is 8.55. The van der Waals surface area contributed by atoms with Gasteiger partial charge in [0.1, 0.15) is 16.6 Å². The van der Waals surface area contributed by atoms with E-state index >= 15 is 0 Å². The van der Waals surface area contributed by atoms with Crippen LogP contribution in [-0.4, -0.2) is 7.11 Å². The van der Waals surface area contributed by atoms with Gasteiger partial charge in [-0.1, -0.05) is 0 Å². The van der Waals surface area contributed by atoms with E-state index in [1.807, 2.05) is 10.8 Å². The van der Waals surface area contributed by atoms with Crippen molar-refractivity contribution in [3.05, 3.63) is 18.2 Å². The standard InChI is InChI=1S/C9H6N2OS2/c1-12-8-3-2-7(13-5-10)4-9(8)14-6-11/h2-4H,1H3. The number of ether oxygens (including phenoxy) is 1. The molecule has 0 fully saturated rings. The molecule has 0 heterocycles. The SMILES string of the molecule is COc1ccc(SC#N)cc1SC#N. The lowest BCUT2D eigenvalue weighted by Crippen LogP contribution is -1.85. The highest BCUT2D eigenvalue weighted by molar-refractivity contribution is 8.04. The van der Waals surface area contributed by atoms with Gasteiger partial charge in [-0.15, -0.1) is 0 Å². The zero-order chi connectivity index (χ0) is 10.4. The topological polar surface area (TPSA) is 56.8 Å². The Balaban J connectivity index is 3.03. The van der Waals surface area contributed by atoms with Gasteiger partial charge < -0.3 is 4.74 Å². The molecule has 1 aromatic carbocycles. The summed E-state index contributed by atoms with van der Waals surface area (Å²) >= 11 is 2.09. The number of rotatable bonds is 3. The molecule has 0 aliphatic rings. The van der Waals surface area contributed by atoms with Crippen LogP contribution in [0.15, 0.2) is 28.0 Å². The molecule has 0 unspecified atom stereocenters. The molecule has 70 valence electrons. The summed E-state index contributed by atoms with van der Waals surface area (Å²) in [5, 5.41) is 21.0. The van der Waals surface area contributed by atoms with Crippen LogP contribution in [0, 0.1) is 21.3 Å². The Morgan fingerprint density at radius 1 is 1.21 bits per heavy atom. The molecular formula is C9H6N2OS2. The summed E-state index contributed by atoms with van der Waals surface area (Å²) in [5.74, 6) is 0.652. The smallest absolute Gasteiger partial charge is 0.138 e. The predicted molar refractivity (Wildman–Crippen MR) is 55.9 cm³/mol. The molecule has 0 amide bonds. The third-order valence-corrected chi connectivity index (χ3v) is 2.67. The van der Waals surface area contributed by atoms with Gasteiger partial charge in [0.05, 0.1) is 12.0 Å². The first-order valence-corrected chi connectivity index (χ1v) is 5.25. The maximum absolute atomic E-state index is 8.55. The Hall–Kier alpha value is -1.30. The van der Waals surface area contributed by atoms with Gasteiger partial charge in [-0.05, 0) is 41.7 Å². The summed E-state index contributed by atoms with van der Waals surface area (Å²) < 4.78 is 5.07. The lowest BCUT2D eigenvalue weighted by atomic mass is 10.3. The van der Waals surface area contributed by atoms with Crippen LogP contribution in [0.4, 0.5) is 0 Å². The highest BCUT2D eigenvalue weighted by Gasteiger charge is 2.05. The monoisotopic (exact) mass is 222 g/mol. The van der Waals surface area contributed by atoms with E-state index in [9.17, 15) is 0 Å². The molecule has 0 saturated heterocycles. The van der Waals surface area contributed by atoms with Crippen molar-refractivity contribution in [2.45, 2.75) is 9.79 Å².